The molecule has 0 aliphatic heterocycles. The van der Waals surface area contributed by atoms with Crippen molar-refractivity contribution in [2.45, 2.75) is 32.0 Å². The van der Waals surface area contributed by atoms with Gasteiger partial charge in [0.05, 0.1) is 18.7 Å². The molecule has 5 heteroatoms. The van der Waals surface area contributed by atoms with Crippen molar-refractivity contribution >= 4 is 0 Å². The van der Waals surface area contributed by atoms with Gasteiger partial charge in [0.2, 0.25) is 0 Å². The van der Waals surface area contributed by atoms with Crippen LogP contribution in [0.5, 0.6) is 0 Å². The summed E-state index contributed by atoms with van der Waals surface area (Å²) in [5.41, 5.74) is 0. The molecule has 0 saturated carbocycles. The Balaban J connectivity index is 2.62. The van der Waals surface area contributed by atoms with Crippen LogP contribution in [0.4, 0.5) is 13.2 Å². The largest absolute Gasteiger partial charge is 0.468 e. The fourth-order valence-electron chi connectivity index (χ4n) is 1.31. The second-order valence-corrected chi connectivity index (χ2v) is 3.34. The van der Waals surface area contributed by atoms with E-state index in [4.69, 9.17) is 4.42 Å². The molecule has 0 aliphatic carbocycles. The monoisotopic (exact) mass is 221 g/mol. The lowest BCUT2D eigenvalue weighted by molar-refractivity contribution is -0.141. The molecule has 1 aromatic heterocycles. The first-order chi connectivity index (χ1) is 7.03. The standard InChI is InChI=1S/C10H14F3NO/c1-2-5-14-8(7-10(11,12)13)9-4-3-6-15-9/h3-4,6,8,14H,2,5,7H2,1H3. The maximum absolute atomic E-state index is 12.2. The first kappa shape index (κ1) is 12.1. The molecule has 1 aromatic rings. The zero-order chi connectivity index (χ0) is 11.3. The van der Waals surface area contributed by atoms with Crippen LogP contribution in [0.3, 0.4) is 0 Å². The van der Waals surface area contributed by atoms with Crippen molar-refractivity contribution in [3.63, 3.8) is 0 Å². The summed E-state index contributed by atoms with van der Waals surface area (Å²) in [7, 11) is 0. The van der Waals surface area contributed by atoms with Crippen LogP contribution < -0.4 is 5.32 Å². The maximum Gasteiger partial charge on any atom is 0.391 e. The van der Waals surface area contributed by atoms with E-state index in [1.54, 1.807) is 12.1 Å². The molecule has 1 rings (SSSR count). The van der Waals surface area contributed by atoms with Crippen LogP contribution in [0.15, 0.2) is 22.8 Å². The summed E-state index contributed by atoms with van der Waals surface area (Å²) in [4.78, 5) is 0. The quantitative estimate of drug-likeness (QED) is 0.825. The van der Waals surface area contributed by atoms with E-state index in [1.165, 1.54) is 6.26 Å². The van der Waals surface area contributed by atoms with Crippen molar-refractivity contribution < 1.29 is 17.6 Å². The zero-order valence-electron chi connectivity index (χ0n) is 8.47. The summed E-state index contributed by atoms with van der Waals surface area (Å²) in [6, 6.07) is 2.37. The second kappa shape index (κ2) is 5.21. The average Bonchev–Trinajstić information content (AvgIpc) is 2.63. The Labute approximate surface area is 86.5 Å². The van der Waals surface area contributed by atoms with Crippen molar-refractivity contribution in [2.75, 3.05) is 6.54 Å². The Morgan fingerprint density at radius 1 is 1.47 bits per heavy atom. The number of halogens is 3. The van der Waals surface area contributed by atoms with Crippen LogP contribution in [0.1, 0.15) is 31.6 Å². The number of furan rings is 1. The predicted molar refractivity (Wildman–Crippen MR) is 50.4 cm³/mol. The van der Waals surface area contributed by atoms with Crippen molar-refractivity contribution in [3.8, 4) is 0 Å². The highest BCUT2D eigenvalue weighted by Gasteiger charge is 2.33. The van der Waals surface area contributed by atoms with Gasteiger partial charge >= 0.3 is 6.18 Å². The third-order valence-electron chi connectivity index (χ3n) is 1.96. The molecule has 15 heavy (non-hydrogen) atoms. The minimum Gasteiger partial charge on any atom is -0.468 e. The van der Waals surface area contributed by atoms with Crippen LogP contribution in [0.2, 0.25) is 0 Å². The minimum atomic E-state index is -4.18. The smallest absolute Gasteiger partial charge is 0.391 e. The van der Waals surface area contributed by atoms with Crippen LogP contribution in [0, 0.1) is 0 Å². The van der Waals surface area contributed by atoms with Gasteiger partial charge in [-0.15, -0.1) is 0 Å². The van der Waals surface area contributed by atoms with E-state index in [1.807, 2.05) is 6.92 Å². The van der Waals surface area contributed by atoms with E-state index < -0.39 is 18.6 Å². The van der Waals surface area contributed by atoms with Gasteiger partial charge < -0.3 is 9.73 Å². The molecule has 0 aromatic carbocycles. The van der Waals surface area contributed by atoms with E-state index >= 15 is 0 Å². The van der Waals surface area contributed by atoms with Gasteiger partial charge in [-0.3, -0.25) is 0 Å². The molecule has 86 valence electrons. The molecular formula is C10H14F3NO. The molecule has 0 bridgehead atoms. The lowest BCUT2D eigenvalue weighted by Crippen LogP contribution is -2.27. The summed E-state index contributed by atoms with van der Waals surface area (Å²) < 4.78 is 41.7. The number of rotatable bonds is 5. The van der Waals surface area contributed by atoms with Gasteiger partial charge in [0, 0.05) is 0 Å². The van der Waals surface area contributed by atoms with Gasteiger partial charge in [-0.1, -0.05) is 6.92 Å². The molecule has 0 saturated heterocycles. The van der Waals surface area contributed by atoms with Crippen LogP contribution in [-0.2, 0) is 0 Å². The molecule has 0 spiro atoms. The van der Waals surface area contributed by atoms with Gasteiger partial charge in [-0.2, -0.15) is 13.2 Å². The van der Waals surface area contributed by atoms with Crippen LogP contribution >= 0.6 is 0 Å². The van der Waals surface area contributed by atoms with Gasteiger partial charge in [-0.05, 0) is 25.1 Å². The number of alkyl halides is 3. The van der Waals surface area contributed by atoms with E-state index in [-0.39, 0.29) is 0 Å². The van der Waals surface area contributed by atoms with E-state index in [0.717, 1.165) is 6.42 Å². The van der Waals surface area contributed by atoms with Gasteiger partial charge in [0.25, 0.3) is 0 Å². The Bertz CT molecular complexity index is 269. The van der Waals surface area contributed by atoms with E-state index in [9.17, 15) is 13.2 Å². The van der Waals surface area contributed by atoms with Crippen LogP contribution in [0.25, 0.3) is 0 Å². The summed E-state index contributed by atoms with van der Waals surface area (Å²) >= 11 is 0. The Morgan fingerprint density at radius 2 is 2.20 bits per heavy atom. The van der Waals surface area contributed by atoms with Gasteiger partial charge in [0.1, 0.15) is 5.76 Å². The van der Waals surface area contributed by atoms with E-state index in [2.05, 4.69) is 5.32 Å². The highest BCUT2D eigenvalue weighted by Crippen LogP contribution is 2.29. The number of hydrogen-bond acceptors (Lipinski definition) is 2. The van der Waals surface area contributed by atoms with Crippen LogP contribution in [-0.4, -0.2) is 12.7 Å². The lowest BCUT2D eigenvalue weighted by Gasteiger charge is -2.17. The summed E-state index contributed by atoms with van der Waals surface area (Å²) in [5, 5.41) is 2.81. The highest BCUT2D eigenvalue weighted by molar-refractivity contribution is 5.04. The third-order valence-corrected chi connectivity index (χ3v) is 1.96. The summed E-state index contributed by atoms with van der Waals surface area (Å²) in [6.07, 6.45) is -2.92. The molecule has 0 amide bonds. The molecule has 0 fully saturated rings. The molecule has 0 radical (unpaired) electrons. The molecule has 1 N–H and O–H groups in total. The first-order valence-corrected chi connectivity index (χ1v) is 4.86. The fraction of sp³-hybridized carbons (Fsp3) is 0.600. The number of hydrogen-bond donors (Lipinski definition) is 1. The summed E-state index contributed by atoms with van der Waals surface area (Å²) in [5.74, 6) is 0.334. The molecular weight excluding hydrogens is 207 g/mol. The molecule has 1 unspecified atom stereocenters. The number of nitrogens with one attached hydrogen (secondary N) is 1. The van der Waals surface area contributed by atoms with Crippen molar-refractivity contribution in [1.29, 1.82) is 0 Å². The SMILES string of the molecule is CCCNC(CC(F)(F)F)c1ccco1. The molecule has 1 heterocycles. The van der Waals surface area contributed by atoms with Crippen molar-refractivity contribution in [2.24, 2.45) is 0 Å². The topological polar surface area (TPSA) is 25.2 Å². The fourth-order valence-corrected chi connectivity index (χ4v) is 1.31. The first-order valence-electron chi connectivity index (χ1n) is 4.86. The van der Waals surface area contributed by atoms with Gasteiger partial charge in [0.15, 0.2) is 0 Å². The van der Waals surface area contributed by atoms with E-state index in [0.29, 0.717) is 12.3 Å². The predicted octanol–water partition coefficient (Wildman–Crippen LogP) is 3.27. The molecule has 0 aliphatic rings. The third kappa shape index (κ3) is 4.38. The Hall–Kier alpha value is -0.970. The normalized spacial score (nSPS) is 14.1. The molecule has 1 atom stereocenters. The lowest BCUT2D eigenvalue weighted by atomic mass is 10.1. The average molecular weight is 221 g/mol. The maximum atomic E-state index is 12.2. The second-order valence-electron chi connectivity index (χ2n) is 3.34. The van der Waals surface area contributed by atoms with Gasteiger partial charge in [-0.25, -0.2) is 0 Å². The van der Waals surface area contributed by atoms with Crippen molar-refractivity contribution in [3.05, 3.63) is 24.2 Å². The summed E-state index contributed by atoms with van der Waals surface area (Å²) in [6.45, 7) is 2.45. The Kier molecular flexibility index (Phi) is 4.20. The zero-order valence-corrected chi connectivity index (χ0v) is 8.47. The molecule has 2 nitrogen and oxygen atoms in total. The van der Waals surface area contributed by atoms with Crippen molar-refractivity contribution in [1.82, 2.24) is 5.32 Å². The minimum absolute atomic E-state index is 0.334. The highest BCUT2D eigenvalue weighted by atomic mass is 19.4. The Morgan fingerprint density at radius 3 is 2.67 bits per heavy atom.